The van der Waals surface area contributed by atoms with Crippen LogP contribution in [0.2, 0.25) is 0 Å². The van der Waals surface area contributed by atoms with Gasteiger partial charge in [-0.3, -0.25) is 9.36 Å². The second-order valence-electron chi connectivity index (χ2n) is 8.33. The molecular weight excluding hydrogens is 472 g/mol. The highest BCUT2D eigenvalue weighted by molar-refractivity contribution is 7.07. The number of carbonyl (C=O) groups is 1. The SMILES string of the molecule is CCOc1ccc(/C=c2\sc3n(c2=O)[C@H](c2ccccc2)C(C(=O)OC)=C(CC)N=3)c2ccccc12. The summed E-state index contributed by atoms with van der Waals surface area (Å²) in [7, 11) is 1.35. The van der Waals surface area contributed by atoms with Crippen molar-refractivity contribution in [3.63, 3.8) is 0 Å². The van der Waals surface area contributed by atoms with Crippen LogP contribution in [0, 0.1) is 0 Å². The number of rotatable bonds is 6. The molecule has 7 heteroatoms. The predicted octanol–water partition coefficient (Wildman–Crippen LogP) is 4.35. The van der Waals surface area contributed by atoms with Crippen LogP contribution < -0.4 is 19.6 Å². The summed E-state index contributed by atoms with van der Waals surface area (Å²) >= 11 is 1.33. The minimum Gasteiger partial charge on any atom is -0.493 e. The summed E-state index contributed by atoms with van der Waals surface area (Å²) in [6.45, 7) is 4.48. The third-order valence-corrected chi connectivity index (χ3v) is 7.25. The number of allylic oxidation sites excluding steroid dienone is 1. The maximum absolute atomic E-state index is 13.8. The maximum atomic E-state index is 13.8. The van der Waals surface area contributed by atoms with E-state index in [1.54, 1.807) is 4.57 Å². The number of methoxy groups -OCH3 is 1. The van der Waals surface area contributed by atoms with E-state index in [-0.39, 0.29) is 5.56 Å². The molecule has 0 aliphatic carbocycles. The van der Waals surface area contributed by atoms with Gasteiger partial charge in [0.1, 0.15) is 5.75 Å². The number of esters is 1. The molecule has 0 spiro atoms. The molecule has 2 heterocycles. The topological polar surface area (TPSA) is 69.9 Å². The number of benzene rings is 3. The van der Waals surface area contributed by atoms with Crippen molar-refractivity contribution in [1.29, 1.82) is 0 Å². The molecule has 0 saturated heterocycles. The van der Waals surface area contributed by atoms with Gasteiger partial charge < -0.3 is 9.47 Å². The molecule has 4 aromatic rings. The van der Waals surface area contributed by atoms with E-state index in [1.165, 1.54) is 18.4 Å². The number of nitrogens with zero attached hydrogens (tertiary/aromatic N) is 2. The van der Waals surface area contributed by atoms with Gasteiger partial charge >= 0.3 is 5.97 Å². The number of hydrogen-bond donors (Lipinski definition) is 0. The van der Waals surface area contributed by atoms with Gasteiger partial charge in [-0.15, -0.1) is 0 Å². The molecule has 1 aliphatic heterocycles. The van der Waals surface area contributed by atoms with Crippen LogP contribution in [0.5, 0.6) is 5.75 Å². The largest absolute Gasteiger partial charge is 0.493 e. The number of hydrogen-bond acceptors (Lipinski definition) is 6. The average Bonchev–Trinajstić information content (AvgIpc) is 3.23. The minimum absolute atomic E-state index is 0.192. The van der Waals surface area contributed by atoms with Crippen LogP contribution in [0.3, 0.4) is 0 Å². The quantitative estimate of drug-likeness (QED) is 0.371. The Bertz CT molecular complexity index is 1670. The van der Waals surface area contributed by atoms with Gasteiger partial charge in [-0.2, -0.15) is 0 Å². The Morgan fingerprint density at radius 3 is 2.44 bits per heavy atom. The Morgan fingerprint density at radius 2 is 1.75 bits per heavy atom. The lowest BCUT2D eigenvalue weighted by Crippen LogP contribution is -2.40. The molecule has 5 rings (SSSR count). The van der Waals surface area contributed by atoms with Crippen molar-refractivity contribution in [2.24, 2.45) is 4.99 Å². The molecule has 1 aromatic heterocycles. The average molecular weight is 499 g/mol. The predicted molar refractivity (Wildman–Crippen MR) is 142 cm³/mol. The molecule has 0 unspecified atom stereocenters. The van der Waals surface area contributed by atoms with Gasteiger partial charge in [0.2, 0.25) is 0 Å². The van der Waals surface area contributed by atoms with E-state index in [9.17, 15) is 9.59 Å². The second-order valence-corrected chi connectivity index (χ2v) is 9.34. The van der Waals surface area contributed by atoms with E-state index in [1.807, 2.05) is 86.7 Å². The maximum Gasteiger partial charge on any atom is 0.338 e. The summed E-state index contributed by atoms with van der Waals surface area (Å²) in [4.78, 5) is 32.0. The van der Waals surface area contributed by atoms with Crippen LogP contribution in [-0.4, -0.2) is 24.3 Å². The fraction of sp³-hybridized carbons (Fsp3) is 0.207. The fourth-order valence-electron chi connectivity index (χ4n) is 4.66. The van der Waals surface area contributed by atoms with Crippen molar-refractivity contribution in [3.8, 4) is 5.75 Å². The van der Waals surface area contributed by atoms with E-state index in [4.69, 9.17) is 14.5 Å². The Labute approximate surface area is 212 Å². The van der Waals surface area contributed by atoms with Crippen LogP contribution in [0.25, 0.3) is 16.8 Å². The lowest BCUT2D eigenvalue weighted by Gasteiger charge is -2.25. The van der Waals surface area contributed by atoms with Gasteiger partial charge in [-0.25, -0.2) is 9.79 Å². The first-order chi connectivity index (χ1) is 17.6. The highest BCUT2D eigenvalue weighted by Crippen LogP contribution is 2.32. The van der Waals surface area contributed by atoms with Crippen LogP contribution in [0.4, 0.5) is 0 Å². The van der Waals surface area contributed by atoms with Crippen molar-refractivity contribution in [2.45, 2.75) is 26.3 Å². The molecule has 182 valence electrons. The zero-order valence-corrected chi connectivity index (χ0v) is 21.2. The molecule has 6 nitrogen and oxygen atoms in total. The number of thiazole rings is 1. The van der Waals surface area contributed by atoms with Crippen LogP contribution in [0.1, 0.15) is 37.4 Å². The molecule has 0 N–H and O–H groups in total. The fourth-order valence-corrected chi connectivity index (χ4v) is 5.67. The van der Waals surface area contributed by atoms with E-state index in [0.29, 0.717) is 33.6 Å². The standard InChI is InChI=1S/C29H26N2O4S/c1-4-22-25(28(33)34-3)26(18-11-7-6-8-12-18)31-27(32)24(36-29(31)30-22)17-19-15-16-23(35-5-2)21-14-10-9-13-20(19)21/h6-17,26H,4-5H2,1-3H3/b24-17-/t26-/m1/s1. The lowest BCUT2D eigenvalue weighted by atomic mass is 9.95. The van der Waals surface area contributed by atoms with Crippen LogP contribution in [-0.2, 0) is 9.53 Å². The van der Waals surface area contributed by atoms with E-state index < -0.39 is 12.0 Å². The molecular formula is C29H26N2O4S. The smallest absolute Gasteiger partial charge is 0.338 e. The number of carbonyl (C=O) groups excluding carboxylic acids is 1. The van der Waals surface area contributed by atoms with Crippen molar-refractivity contribution in [2.75, 3.05) is 13.7 Å². The first-order valence-corrected chi connectivity index (χ1v) is 12.7. The first kappa shape index (κ1) is 23.8. The molecule has 0 bridgehead atoms. The van der Waals surface area contributed by atoms with Gasteiger partial charge in [0.05, 0.1) is 35.6 Å². The molecule has 0 radical (unpaired) electrons. The minimum atomic E-state index is -0.607. The molecule has 3 aromatic carbocycles. The molecule has 1 aliphatic rings. The zero-order chi connectivity index (χ0) is 25.2. The summed E-state index contributed by atoms with van der Waals surface area (Å²) in [6.07, 6.45) is 2.44. The van der Waals surface area contributed by atoms with Crippen molar-refractivity contribution in [1.82, 2.24) is 4.57 Å². The van der Waals surface area contributed by atoms with Crippen molar-refractivity contribution in [3.05, 3.63) is 109 Å². The number of fused-ring (bicyclic) bond motifs is 2. The third-order valence-electron chi connectivity index (χ3n) is 6.27. The van der Waals surface area contributed by atoms with Crippen molar-refractivity contribution < 1.29 is 14.3 Å². The van der Waals surface area contributed by atoms with E-state index in [0.717, 1.165) is 27.6 Å². The van der Waals surface area contributed by atoms with Crippen LogP contribution in [0.15, 0.2) is 87.8 Å². The Kier molecular flexibility index (Phi) is 6.57. The molecule has 0 amide bonds. The number of ether oxygens (including phenoxy) is 2. The molecule has 36 heavy (non-hydrogen) atoms. The van der Waals surface area contributed by atoms with E-state index >= 15 is 0 Å². The summed E-state index contributed by atoms with van der Waals surface area (Å²) in [5, 5.41) is 1.99. The highest BCUT2D eigenvalue weighted by atomic mass is 32.1. The Morgan fingerprint density at radius 1 is 1.03 bits per heavy atom. The Hall–Kier alpha value is -3.97. The summed E-state index contributed by atoms with van der Waals surface area (Å²) < 4.78 is 13.1. The van der Waals surface area contributed by atoms with Gasteiger partial charge in [-0.1, -0.05) is 78.9 Å². The third kappa shape index (κ3) is 4.05. The normalized spacial score (nSPS) is 15.5. The van der Waals surface area contributed by atoms with Crippen molar-refractivity contribution >= 4 is 34.2 Å². The summed E-state index contributed by atoms with van der Waals surface area (Å²) in [5.41, 5.74) is 2.59. The van der Waals surface area contributed by atoms with E-state index in [2.05, 4.69) is 0 Å². The van der Waals surface area contributed by atoms with Gasteiger partial charge in [0.25, 0.3) is 5.56 Å². The lowest BCUT2D eigenvalue weighted by molar-refractivity contribution is -0.136. The summed E-state index contributed by atoms with van der Waals surface area (Å²) in [6, 6.07) is 20.8. The molecule has 0 saturated carbocycles. The molecule has 1 atom stereocenters. The van der Waals surface area contributed by atoms with Gasteiger partial charge in [-0.05, 0) is 42.0 Å². The van der Waals surface area contributed by atoms with Gasteiger partial charge in [0.15, 0.2) is 4.80 Å². The second kappa shape index (κ2) is 9.95. The van der Waals surface area contributed by atoms with Gasteiger partial charge in [0, 0.05) is 5.39 Å². The first-order valence-electron chi connectivity index (χ1n) is 11.9. The molecule has 0 fully saturated rings. The number of aromatic nitrogens is 1. The van der Waals surface area contributed by atoms with Crippen LogP contribution >= 0.6 is 11.3 Å². The highest BCUT2D eigenvalue weighted by Gasteiger charge is 2.33. The Balaban J connectivity index is 1.76. The summed E-state index contributed by atoms with van der Waals surface area (Å²) in [5.74, 6) is 0.335. The zero-order valence-electron chi connectivity index (χ0n) is 20.4. The monoisotopic (exact) mass is 498 g/mol.